The van der Waals surface area contributed by atoms with Crippen LogP contribution in [0.15, 0.2) is 6.17 Å². The molecule has 1 aromatic rings. The number of thiazole rings is 1. The SMILES string of the molecule is [2H]c1nc(C([2H])([2H])[2H])sc1B1OC(C)(C)C(C)(C)O1. The van der Waals surface area contributed by atoms with Gasteiger partial charge in [-0.15, -0.1) is 11.3 Å². The third-order valence-corrected chi connectivity index (χ3v) is 3.73. The Morgan fingerprint density at radius 1 is 1.40 bits per heavy atom. The quantitative estimate of drug-likeness (QED) is 0.687. The smallest absolute Gasteiger partial charge is 0.399 e. The van der Waals surface area contributed by atoms with Crippen LogP contribution in [0.2, 0.25) is 0 Å². The molecule has 0 bridgehead atoms. The normalized spacial score (nSPS) is 28.1. The van der Waals surface area contributed by atoms with Gasteiger partial charge in [-0.1, -0.05) is 0 Å². The molecular weight excluding hydrogens is 209 g/mol. The van der Waals surface area contributed by atoms with Gasteiger partial charge in [-0.25, -0.2) is 0 Å². The van der Waals surface area contributed by atoms with Crippen LogP contribution in [0.5, 0.6) is 0 Å². The van der Waals surface area contributed by atoms with E-state index in [1.807, 2.05) is 27.7 Å². The number of nitrogens with zero attached hydrogens (tertiary/aromatic N) is 1. The molecule has 2 rings (SSSR count). The summed E-state index contributed by atoms with van der Waals surface area (Å²) in [5.74, 6) is 0. The third kappa shape index (κ3) is 1.84. The third-order valence-electron chi connectivity index (χ3n) is 2.94. The second-order valence-corrected chi connectivity index (χ2v) is 5.61. The molecule has 3 nitrogen and oxygen atoms in total. The number of rotatable bonds is 1. The Kier molecular flexibility index (Phi) is 1.55. The van der Waals surface area contributed by atoms with E-state index in [0.717, 1.165) is 11.3 Å². The van der Waals surface area contributed by atoms with Crippen LogP contribution in [0, 0.1) is 6.85 Å². The molecule has 1 saturated heterocycles. The Bertz CT molecular complexity index is 484. The molecule has 0 aliphatic carbocycles. The van der Waals surface area contributed by atoms with Crippen molar-refractivity contribution in [3.05, 3.63) is 11.2 Å². The Labute approximate surface area is 101 Å². The van der Waals surface area contributed by atoms with Gasteiger partial charge in [0, 0.05) is 10.3 Å². The van der Waals surface area contributed by atoms with Gasteiger partial charge in [-0.05, 0) is 34.5 Å². The van der Waals surface area contributed by atoms with Gasteiger partial charge in [0.2, 0.25) is 0 Å². The van der Waals surface area contributed by atoms with E-state index in [1.54, 1.807) is 0 Å². The number of hydrogen-bond donors (Lipinski definition) is 0. The largest absolute Gasteiger partial charge is 0.507 e. The van der Waals surface area contributed by atoms with Crippen LogP contribution in [0.4, 0.5) is 0 Å². The first-order valence-corrected chi connectivity index (χ1v) is 5.59. The fraction of sp³-hybridized carbons (Fsp3) is 0.700. The van der Waals surface area contributed by atoms with Gasteiger partial charge in [-0.2, -0.15) is 0 Å². The van der Waals surface area contributed by atoms with Crippen molar-refractivity contribution in [3.8, 4) is 0 Å². The van der Waals surface area contributed by atoms with E-state index in [4.69, 9.17) is 14.8 Å². The Hall–Kier alpha value is -0.385. The number of aromatic nitrogens is 1. The highest BCUT2D eigenvalue weighted by Crippen LogP contribution is 2.36. The summed E-state index contributed by atoms with van der Waals surface area (Å²) in [5, 5.41) is -0.0535. The van der Waals surface area contributed by atoms with Gasteiger partial charge in [-0.3, -0.25) is 4.98 Å². The van der Waals surface area contributed by atoms with Crippen molar-refractivity contribution in [1.29, 1.82) is 0 Å². The molecular formula is C10H16BNO2S. The Morgan fingerprint density at radius 3 is 2.47 bits per heavy atom. The second-order valence-electron chi connectivity index (χ2n) is 4.58. The highest BCUT2D eigenvalue weighted by Gasteiger charge is 2.52. The summed E-state index contributed by atoms with van der Waals surface area (Å²) in [5.41, 5.74) is -1.04. The van der Waals surface area contributed by atoms with E-state index >= 15 is 0 Å². The molecule has 1 aliphatic heterocycles. The van der Waals surface area contributed by atoms with Gasteiger partial charge < -0.3 is 9.31 Å². The standard InChI is InChI=1S/C10H16BNO2S/c1-7-12-6-8(15-7)11-13-9(2,3)10(4,5)14-11/h6H,1-5H3/i1D3,6D. The minimum atomic E-state index is -2.30. The molecule has 1 aliphatic rings. The topological polar surface area (TPSA) is 31.4 Å². The molecule has 5 heteroatoms. The van der Waals surface area contributed by atoms with Crippen molar-refractivity contribution in [3.63, 3.8) is 0 Å². The lowest BCUT2D eigenvalue weighted by Gasteiger charge is -2.32. The fourth-order valence-corrected chi connectivity index (χ4v) is 1.89. The van der Waals surface area contributed by atoms with E-state index in [2.05, 4.69) is 4.98 Å². The van der Waals surface area contributed by atoms with Crippen LogP contribution in [-0.2, 0) is 9.31 Å². The van der Waals surface area contributed by atoms with Crippen LogP contribution >= 0.6 is 11.3 Å². The molecule has 0 unspecified atom stereocenters. The lowest BCUT2D eigenvalue weighted by atomic mass is 9.89. The van der Waals surface area contributed by atoms with Gasteiger partial charge in [0.05, 0.1) is 22.4 Å². The first-order chi connectivity index (χ1) is 8.44. The van der Waals surface area contributed by atoms with Crippen LogP contribution < -0.4 is 4.78 Å². The molecule has 0 amide bonds. The highest BCUT2D eigenvalue weighted by atomic mass is 32.1. The van der Waals surface area contributed by atoms with Gasteiger partial charge in [0.1, 0.15) is 0 Å². The minimum Gasteiger partial charge on any atom is -0.399 e. The summed E-state index contributed by atoms with van der Waals surface area (Å²) in [6.45, 7) is 5.32. The summed E-state index contributed by atoms with van der Waals surface area (Å²) in [7, 11) is -0.730. The van der Waals surface area contributed by atoms with Crippen LogP contribution in [-0.4, -0.2) is 23.3 Å². The maximum Gasteiger partial charge on any atom is 0.507 e. The average molecular weight is 229 g/mol. The van der Waals surface area contributed by atoms with Crippen LogP contribution in [0.25, 0.3) is 0 Å². The van der Waals surface area contributed by atoms with Crippen molar-refractivity contribution in [1.82, 2.24) is 4.98 Å². The molecule has 0 aromatic carbocycles. The molecule has 0 spiro atoms. The molecule has 2 heterocycles. The zero-order valence-electron chi connectivity index (χ0n) is 13.2. The van der Waals surface area contributed by atoms with E-state index < -0.39 is 25.2 Å². The first kappa shape index (κ1) is 7.04. The second kappa shape index (κ2) is 3.30. The van der Waals surface area contributed by atoms with E-state index in [-0.39, 0.29) is 11.2 Å². The molecule has 0 N–H and O–H groups in total. The summed E-state index contributed by atoms with van der Waals surface area (Å²) in [4.78, 5) is 3.78. The van der Waals surface area contributed by atoms with Gasteiger partial charge in [0.25, 0.3) is 0 Å². The molecule has 0 saturated carbocycles. The predicted octanol–water partition coefficient (Wildman–Crippen LogP) is 1.75. The van der Waals surface area contributed by atoms with Gasteiger partial charge in [0.15, 0.2) is 0 Å². The summed E-state index contributed by atoms with van der Waals surface area (Å²) in [6, 6.07) is 0. The van der Waals surface area contributed by atoms with E-state index in [9.17, 15) is 0 Å². The monoisotopic (exact) mass is 229 g/mol. The summed E-state index contributed by atoms with van der Waals surface area (Å²) < 4.78 is 41.8. The Morgan fingerprint density at radius 2 is 2.00 bits per heavy atom. The number of hydrogen-bond acceptors (Lipinski definition) is 4. The van der Waals surface area contributed by atoms with Crippen LogP contribution in [0.1, 0.15) is 38.2 Å². The van der Waals surface area contributed by atoms with Crippen molar-refractivity contribution >= 4 is 23.2 Å². The molecule has 1 fully saturated rings. The lowest BCUT2D eigenvalue weighted by molar-refractivity contribution is 0.00578. The van der Waals surface area contributed by atoms with Crippen molar-refractivity contribution in [2.75, 3.05) is 0 Å². The van der Waals surface area contributed by atoms with E-state index in [0.29, 0.717) is 4.78 Å². The van der Waals surface area contributed by atoms with Crippen molar-refractivity contribution < 1.29 is 14.8 Å². The van der Waals surface area contributed by atoms with Gasteiger partial charge >= 0.3 is 7.12 Å². The summed E-state index contributed by atoms with van der Waals surface area (Å²) >= 11 is 0.954. The fourth-order valence-electron chi connectivity index (χ4n) is 1.31. The molecule has 0 atom stereocenters. The molecule has 82 valence electrons. The zero-order chi connectivity index (χ0) is 14.6. The Balaban J connectivity index is 2.33. The van der Waals surface area contributed by atoms with E-state index in [1.165, 1.54) is 0 Å². The predicted molar refractivity (Wildman–Crippen MR) is 62.6 cm³/mol. The lowest BCUT2D eigenvalue weighted by Crippen LogP contribution is -2.41. The number of aryl methyl sites for hydroxylation is 1. The zero-order valence-corrected chi connectivity index (χ0v) is 10.1. The highest BCUT2D eigenvalue weighted by molar-refractivity contribution is 7.22. The maximum atomic E-state index is 7.78. The maximum absolute atomic E-state index is 7.78. The molecule has 15 heavy (non-hydrogen) atoms. The van der Waals surface area contributed by atoms with Crippen LogP contribution in [0.3, 0.4) is 0 Å². The molecule has 1 aromatic heterocycles. The minimum absolute atomic E-state index is 0.0535. The van der Waals surface area contributed by atoms with Crippen molar-refractivity contribution in [2.24, 2.45) is 0 Å². The first-order valence-electron chi connectivity index (χ1n) is 6.77. The average Bonchev–Trinajstić information content (AvgIpc) is 2.65. The molecule has 0 radical (unpaired) electrons. The van der Waals surface area contributed by atoms with Crippen molar-refractivity contribution in [2.45, 2.75) is 45.7 Å². The summed E-state index contributed by atoms with van der Waals surface area (Å²) in [6.07, 6.45) is -0.0883.